The first-order valence-corrected chi connectivity index (χ1v) is 7.23. The molecule has 0 saturated heterocycles. The lowest BCUT2D eigenvalue weighted by Crippen LogP contribution is -2.20. The second kappa shape index (κ2) is 5.94. The van der Waals surface area contributed by atoms with Gasteiger partial charge in [0.15, 0.2) is 6.61 Å². The number of hydrogen-bond acceptors (Lipinski definition) is 7. The summed E-state index contributed by atoms with van der Waals surface area (Å²) in [5, 5.41) is 11.1. The van der Waals surface area contributed by atoms with Crippen molar-refractivity contribution in [2.75, 3.05) is 11.9 Å². The van der Waals surface area contributed by atoms with Crippen molar-refractivity contribution >= 4 is 33.3 Å². The molecule has 0 bridgehead atoms. The maximum absolute atomic E-state index is 11.7. The van der Waals surface area contributed by atoms with Gasteiger partial charge in [0.05, 0.1) is 0 Å². The molecule has 7 nitrogen and oxygen atoms in total. The molecule has 0 aliphatic rings. The molecule has 0 spiro atoms. The average Bonchev–Trinajstić information content (AvgIpc) is 2.97. The number of rotatable bonds is 4. The zero-order valence-corrected chi connectivity index (χ0v) is 12.3. The number of anilines is 1. The highest BCUT2D eigenvalue weighted by molar-refractivity contribution is 7.13. The Hall–Kier alpha value is -2.74. The molecule has 0 aliphatic carbocycles. The molecule has 2 aromatic heterocycles. The minimum absolute atomic E-state index is 0.179. The van der Waals surface area contributed by atoms with E-state index in [4.69, 9.17) is 9.15 Å². The van der Waals surface area contributed by atoms with Gasteiger partial charge in [-0.15, -0.1) is 10.2 Å². The summed E-state index contributed by atoms with van der Waals surface area (Å²) in [4.78, 5) is 23.1. The molecule has 22 heavy (non-hydrogen) atoms. The lowest BCUT2D eigenvalue weighted by molar-refractivity contribution is -0.118. The zero-order chi connectivity index (χ0) is 15.5. The minimum atomic E-state index is -0.420. The predicted octanol–water partition coefficient (Wildman–Crippen LogP) is 1.97. The molecule has 0 aliphatic heterocycles. The average molecular weight is 317 g/mol. The van der Waals surface area contributed by atoms with Crippen LogP contribution >= 0.6 is 11.3 Å². The standard InChI is InChI=1S/C14H11N3O4S/c1-8-4-13(19)21-11-5-9(2-3-10(8)11)20-6-12(18)16-14-17-15-7-22-14/h2-5,7H,6H2,1H3,(H,16,17,18). The lowest BCUT2D eigenvalue weighted by Gasteiger charge is -2.07. The van der Waals surface area contributed by atoms with E-state index >= 15 is 0 Å². The summed E-state index contributed by atoms with van der Waals surface area (Å²) in [5.74, 6) is 0.0937. The Morgan fingerprint density at radius 3 is 3.05 bits per heavy atom. The lowest BCUT2D eigenvalue weighted by atomic mass is 10.1. The fourth-order valence-corrected chi connectivity index (χ4v) is 2.39. The number of carbonyl (C=O) groups excluding carboxylic acids is 1. The zero-order valence-electron chi connectivity index (χ0n) is 11.5. The maximum atomic E-state index is 11.7. The van der Waals surface area contributed by atoms with Crippen LogP contribution in [-0.4, -0.2) is 22.7 Å². The van der Waals surface area contributed by atoms with Crippen LogP contribution in [0.5, 0.6) is 5.75 Å². The maximum Gasteiger partial charge on any atom is 0.336 e. The Morgan fingerprint density at radius 1 is 1.41 bits per heavy atom. The van der Waals surface area contributed by atoms with Gasteiger partial charge in [0.2, 0.25) is 5.13 Å². The number of aromatic nitrogens is 2. The largest absolute Gasteiger partial charge is 0.484 e. The summed E-state index contributed by atoms with van der Waals surface area (Å²) in [6.45, 7) is 1.65. The van der Waals surface area contributed by atoms with Crippen LogP contribution < -0.4 is 15.7 Å². The molecule has 0 saturated carbocycles. The predicted molar refractivity (Wildman–Crippen MR) is 81.3 cm³/mol. The number of nitrogens with one attached hydrogen (secondary N) is 1. The first-order valence-electron chi connectivity index (χ1n) is 6.35. The Bertz CT molecular complexity index is 873. The highest BCUT2D eigenvalue weighted by Crippen LogP contribution is 2.22. The van der Waals surface area contributed by atoms with Crippen molar-refractivity contribution in [2.24, 2.45) is 0 Å². The second-order valence-electron chi connectivity index (χ2n) is 4.49. The summed E-state index contributed by atoms with van der Waals surface area (Å²) in [7, 11) is 0. The molecule has 0 atom stereocenters. The molecular weight excluding hydrogens is 306 g/mol. The number of hydrogen-bond donors (Lipinski definition) is 1. The quantitative estimate of drug-likeness (QED) is 0.739. The number of nitrogens with zero attached hydrogens (tertiary/aromatic N) is 2. The third-order valence-corrected chi connectivity index (χ3v) is 3.51. The Kier molecular flexibility index (Phi) is 3.84. The molecule has 1 N–H and O–H groups in total. The van der Waals surface area contributed by atoms with E-state index < -0.39 is 5.63 Å². The van der Waals surface area contributed by atoms with Crippen LogP contribution in [0.3, 0.4) is 0 Å². The number of ether oxygens (including phenoxy) is 1. The van der Waals surface area contributed by atoms with Gasteiger partial charge in [-0.05, 0) is 24.6 Å². The smallest absolute Gasteiger partial charge is 0.336 e. The van der Waals surface area contributed by atoms with Crippen molar-refractivity contribution in [3.8, 4) is 5.75 Å². The molecule has 2 heterocycles. The van der Waals surface area contributed by atoms with Gasteiger partial charge >= 0.3 is 5.63 Å². The van der Waals surface area contributed by atoms with Crippen LogP contribution in [0.25, 0.3) is 11.0 Å². The topological polar surface area (TPSA) is 94.3 Å². The summed E-state index contributed by atoms with van der Waals surface area (Å²) in [5.41, 5.74) is 2.35. The third kappa shape index (κ3) is 3.12. The van der Waals surface area contributed by atoms with Crippen molar-refractivity contribution in [3.05, 3.63) is 45.8 Å². The van der Waals surface area contributed by atoms with E-state index in [-0.39, 0.29) is 12.5 Å². The molecular formula is C14H11N3O4S. The van der Waals surface area contributed by atoms with E-state index in [0.717, 1.165) is 10.9 Å². The van der Waals surface area contributed by atoms with E-state index in [1.807, 2.05) is 6.92 Å². The fraction of sp³-hybridized carbons (Fsp3) is 0.143. The summed E-state index contributed by atoms with van der Waals surface area (Å²) >= 11 is 1.22. The van der Waals surface area contributed by atoms with Gasteiger partial charge in [0.1, 0.15) is 16.8 Å². The van der Waals surface area contributed by atoms with Crippen molar-refractivity contribution in [3.63, 3.8) is 0 Å². The fourth-order valence-electron chi connectivity index (χ4n) is 1.93. The number of fused-ring (bicyclic) bond motifs is 1. The Labute approximate surface area is 128 Å². The number of amides is 1. The van der Waals surface area contributed by atoms with Gasteiger partial charge in [-0.1, -0.05) is 11.3 Å². The number of benzene rings is 1. The SMILES string of the molecule is Cc1cc(=O)oc2cc(OCC(=O)Nc3nncs3)ccc12. The normalized spacial score (nSPS) is 10.6. The van der Waals surface area contributed by atoms with Crippen molar-refractivity contribution in [1.82, 2.24) is 10.2 Å². The molecule has 3 aromatic rings. The first kappa shape index (κ1) is 14.2. The first-order chi connectivity index (χ1) is 10.6. The number of carbonyl (C=O) groups is 1. The van der Waals surface area contributed by atoms with Crippen LogP contribution in [0, 0.1) is 6.92 Å². The Balaban J connectivity index is 1.71. The van der Waals surface area contributed by atoms with Crippen LogP contribution in [0.1, 0.15) is 5.56 Å². The molecule has 1 aromatic carbocycles. The summed E-state index contributed by atoms with van der Waals surface area (Å²) in [6.07, 6.45) is 0. The van der Waals surface area contributed by atoms with E-state index in [1.165, 1.54) is 22.9 Å². The van der Waals surface area contributed by atoms with Gasteiger partial charge in [0, 0.05) is 17.5 Å². The molecule has 1 amide bonds. The molecule has 0 fully saturated rings. The highest BCUT2D eigenvalue weighted by Gasteiger charge is 2.08. The second-order valence-corrected chi connectivity index (χ2v) is 5.32. The van der Waals surface area contributed by atoms with Crippen LogP contribution in [0.15, 0.2) is 39.0 Å². The van der Waals surface area contributed by atoms with Gasteiger partial charge in [-0.3, -0.25) is 10.1 Å². The van der Waals surface area contributed by atoms with Gasteiger partial charge < -0.3 is 9.15 Å². The summed E-state index contributed by atoms with van der Waals surface area (Å²) < 4.78 is 10.5. The van der Waals surface area contributed by atoms with Gasteiger partial charge in [-0.25, -0.2) is 4.79 Å². The monoisotopic (exact) mass is 317 g/mol. The molecule has 112 valence electrons. The van der Waals surface area contributed by atoms with E-state index in [0.29, 0.717) is 16.5 Å². The molecule has 0 unspecified atom stereocenters. The molecule has 0 radical (unpaired) electrons. The van der Waals surface area contributed by atoms with Crippen LogP contribution in [0.2, 0.25) is 0 Å². The third-order valence-electron chi connectivity index (χ3n) is 2.90. The van der Waals surface area contributed by atoms with Crippen molar-refractivity contribution < 1.29 is 13.9 Å². The number of aryl methyl sites for hydroxylation is 1. The van der Waals surface area contributed by atoms with Crippen LogP contribution in [0.4, 0.5) is 5.13 Å². The van der Waals surface area contributed by atoms with Crippen molar-refractivity contribution in [1.29, 1.82) is 0 Å². The van der Waals surface area contributed by atoms with E-state index in [9.17, 15) is 9.59 Å². The minimum Gasteiger partial charge on any atom is -0.484 e. The highest BCUT2D eigenvalue weighted by atomic mass is 32.1. The van der Waals surface area contributed by atoms with E-state index in [2.05, 4.69) is 15.5 Å². The summed E-state index contributed by atoms with van der Waals surface area (Å²) in [6, 6.07) is 6.51. The van der Waals surface area contributed by atoms with Gasteiger partial charge in [-0.2, -0.15) is 0 Å². The van der Waals surface area contributed by atoms with E-state index in [1.54, 1.807) is 18.2 Å². The van der Waals surface area contributed by atoms with Gasteiger partial charge in [0.25, 0.3) is 5.91 Å². The van der Waals surface area contributed by atoms with Crippen molar-refractivity contribution in [2.45, 2.75) is 6.92 Å². The molecule has 8 heteroatoms. The Morgan fingerprint density at radius 2 is 2.27 bits per heavy atom. The molecule has 3 rings (SSSR count). The van der Waals surface area contributed by atoms with Crippen LogP contribution in [-0.2, 0) is 4.79 Å².